The number of hydrogen-bond donors (Lipinski definition) is 1. The molecule has 0 amide bonds. The van der Waals surface area contributed by atoms with Crippen LogP contribution in [-0.4, -0.2) is 28.6 Å². The van der Waals surface area contributed by atoms with Crippen molar-refractivity contribution in [1.29, 1.82) is 0 Å². The third kappa shape index (κ3) is 3.67. The molecule has 0 aromatic heterocycles. The Morgan fingerprint density at radius 1 is 1.53 bits per heavy atom. The second kappa shape index (κ2) is 6.17. The third-order valence-corrected chi connectivity index (χ3v) is 3.04. The fraction of sp³-hybridized carbons (Fsp3) is 0.462. The Balaban J connectivity index is 3.05. The van der Waals surface area contributed by atoms with Crippen molar-refractivity contribution in [1.82, 2.24) is 0 Å². The van der Waals surface area contributed by atoms with Crippen LogP contribution >= 0.6 is 0 Å². The van der Waals surface area contributed by atoms with Crippen molar-refractivity contribution in [3.63, 3.8) is 0 Å². The van der Waals surface area contributed by atoms with Crippen molar-refractivity contribution in [2.45, 2.75) is 33.2 Å². The highest BCUT2D eigenvalue weighted by atomic mass is 16.6. The maximum absolute atomic E-state index is 10.8. The number of carboxylic acids is 1. The Hall–Kier alpha value is -2.11. The number of aliphatic carboxylic acids is 1. The van der Waals surface area contributed by atoms with Gasteiger partial charge in [0.05, 0.1) is 11.3 Å². The number of aryl methyl sites for hydroxylation is 1. The molecular weight excluding hydrogens is 248 g/mol. The zero-order valence-corrected chi connectivity index (χ0v) is 11.3. The van der Waals surface area contributed by atoms with Crippen LogP contribution in [-0.2, 0) is 4.79 Å². The molecule has 0 saturated carbocycles. The SMILES string of the molecule is CCN(c1ccc([N+](=O)[O-])cc1C)C(C)CC(=O)O. The molecule has 0 fully saturated rings. The van der Waals surface area contributed by atoms with E-state index >= 15 is 0 Å². The van der Waals surface area contributed by atoms with Crippen LogP contribution in [0.25, 0.3) is 0 Å². The van der Waals surface area contributed by atoms with Gasteiger partial charge in [0.1, 0.15) is 0 Å². The lowest BCUT2D eigenvalue weighted by molar-refractivity contribution is -0.384. The Kier molecular flexibility index (Phi) is 4.86. The molecule has 0 saturated heterocycles. The molecule has 0 aliphatic rings. The van der Waals surface area contributed by atoms with Crippen LogP contribution < -0.4 is 4.90 Å². The van der Waals surface area contributed by atoms with Gasteiger partial charge in [0.15, 0.2) is 0 Å². The molecule has 1 N–H and O–H groups in total. The van der Waals surface area contributed by atoms with Crippen molar-refractivity contribution in [2.75, 3.05) is 11.4 Å². The van der Waals surface area contributed by atoms with Crippen LogP contribution in [0.5, 0.6) is 0 Å². The first-order valence-electron chi connectivity index (χ1n) is 6.10. The average Bonchev–Trinajstić information content (AvgIpc) is 2.30. The van der Waals surface area contributed by atoms with Gasteiger partial charge in [-0.1, -0.05) is 0 Å². The van der Waals surface area contributed by atoms with Crippen molar-refractivity contribution < 1.29 is 14.8 Å². The standard InChI is InChI=1S/C13H18N2O4/c1-4-14(10(3)8-13(16)17)12-6-5-11(15(18)19)7-9(12)2/h5-7,10H,4,8H2,1-3H3,(H,16,17). The number of hydrogen-bond acceptors (Lipinski definition) is 4. The lowest BCUT2D eigenvalue weighted by atomic mass is 10.1. The first kappa shape index (κ1) is 14.9. The molecule has 104 valence electrons. The van der Waals surface area contributed by atoms with Gasteiger partial charge in [-0.15, -0.1) is 0 Å². The zero-order valence-electron chi connectivity index (χ0n) is 11.3. The lowest BCUT2D eigenvalue weighted by Crippen LogP contribution is -2.35. The smallest absolute Gasteiger partial charge is 0.305 e. The van der Waals surface area contributed by atoms with E-state index in [1.165, 1.54) is 12.1 Å². The van der Waals surface area contributed by atoms with E-state index in [9.17, 15) is 14.9 Å². The van der Waals surface area contributed by atoms with Crippen molar-refractivity contribution >= 4 is 17.3 Å². The largest absolute Gasteiger partial charge is 0.481 e. The number of carbonyl (C=O) groups is 1. The maximum atomic E-state index is 10.8. The number of benzene rings is 1. The van der Waals surface area contributed by atoms with Gasteiger partial charge in [-0.2, -0.15) is 0 Å². The van der Waals surface area contributed by atoms with E-state index in [-0.39, 0.29) is 18.2 Å². The lowest BCUT2D eigenvalue weighted by Gasteiger charge is -2.30. The molecule has 0 aliphatic heterocycles. The van der Waals surface area contributed by atoms with E-state index in [1.807, 2.05) is 18.7 Å². The van der Waals surface area contributed by atoms with Gasteiger partial charge >= 0.3 is 5.97 Å². The van der Waals surface area contributed by atoms with E-state index in [4.69, 9.17) is 5.11 Å². The van der Waals surface area contributed by atoms with Crippen LogP contribution in [0, 0.1) is 17.0 Å². The monoisotopic (exact) mass is 266 g/mol. The Labute approximate surface area is 111 Å². The second-order valence-corrected chi connectivity index (χ2v) is 4.46. The van der Waals surface area contributed by atoms with Gasteiger partial charge < -0.3 is 10.0 Å². The number of anilines is 1. The molecule has 0 aliphatic carbocycles. The zero-order chi connectivity index (χ0) is 14.6. The van der Waals surface area contributed by atoms with Gasteiger partial charge in [0.2, 0.25) is 0 Å². The molecule has 1 aromatic carbocycles. The second-order valence-electron chi connectivity index (χ2n) is 4.46. The number of nitro benzene ring substituents is 1. The minimum absolute atomic E-state index is 0.0320. The van der Waals surface area contributed by atoms with E-state index in [2.05, 4.69) is 0 Å². The summed E-state index contributed by atoms with van der Waals surface area (Å²) in [6, 6.07) is 4.46. The highest BCUT2D eigenvalue weighted by Crippen LogP contribution is 2.26. The molecule has 1 atom stereocenters. The van der Waals surface area contributed by atoms with Crippen LogP contribution in [0.3, 0.4) is 0 Å². The Bertz CT molecular complexity index is 488. The molecule has 0 radical (unpaired) electrons. The molecular formula is C13H18N2O4. The van der Waals surface area contributed by atoms with Crippen LogP contribution in [0.1, 0.15) is 25.8 Å². The molecule has 1 aromatic rings. The summed E-state index contributed by atoms with van der Waals surface area (Å²) in [6.45, 7) is 6.20. The van der Waals surface area contributed by atoms with Gasteiger partial charge in [-0.25, -0.2) is 0 Å². The Morgan fingerprint density at radius 3 is 2.58 bits per heavy atom. The van der Waals surface area contributed by atoms with E-state index in [0.29, 0.717) is 6.54 Å². The summed E-state index contributed by atoms with van der Waals surface area (Å²) in [7, 11) is 0. The van der Waals surface area contributed by atoms with Crippen LogP contribution in [0.4, 0.5) is 11.4 Å². The fourth-order valence-corrected chi connectivity index (χ4v) is 2.16. The van der Waals surface area contributed by atoms with Crippen molar-refractivity contribution in [3.05, 3.63) is 33.9 Å². The predicted octanol–water partition coefficient (Wildman–Crippen LogP) is 2.59. The van der Waals surface area contributed by atoms with Gasteiger partial charge in [-0.05, 0) is 32.4 Å². The Morgan fingerprint density at radius 2 is 2.16 bits per heavy atom. The summed E-state index contributed by atoms with van der Waals surface area (Å²) in [5.74, 6) is -0.856. The topological polar surface area (TPSA) is 83.7 Å². The normalized spacial score (nSPS) is 11.9. The molecule has 1 unspecified atom stereocenters. The fourth-order valence-electron chi connectivity index (χ4n) is 2.16. The number of carboxylic acid groups (broad SMARTS) is 1. The number of rotatable bonds is 6. The highest BCUT2D eigenvalue weighted by molar-refractivity contribution is 5.69. The maximum Gasteiger partial charge on any atom is 0.305 e. The van der Waals surface area contributed by atoms with Crippen molar-refractivity contribution in [2.24, 2.45) is 0 Å². The summed E-state index contributed by atoms with van der Waals surface area (Å²) in [5, 5.41) is 19.5. The van der Waals surface area contributed by atoms with Crippen LogP contribution in [0.15, 0.2) is 18.2 Å². The summed E-state index contributed by atoms with van der Waals surface area (Å²) >= 11 is 0. The molecule has 19 heavy (non-hydrogen) atoms. The molecule has 6 nitrogen and oxygen atoms in total. The van der Waals surface area contributed by atoms with E-state index in [1.54, 1.807) is 13.0 Å². The van der Waals surface area contributed by atoms with E-state index < -0.39 is 10.9 Å². The number of nitro groups is 1. The number of nitrogens with zero attached hydrogens (tertiary/aromatic N) is 2. The third-order valence-electron chi connectivity index (χ3n) is 3.04. The first-order chi connectivity index (χ1) is 8.86. The summed E-state index contributed by atoms with van der Waals surface area (Å²) < 4.78 is 0. The average molecular weight is 266 g/mol. The minimum Gasteiger partial charge on any atom is -0.481 e. The predicted molar refractivity (Wildman–Crippen MR) is 72.6 cm³/mol. The number of non-ortho nitro benzene ring substituents is 1. The van der Waals surface area contributed by atoms with Gasteiger partial charge in [0, 0.05) is 30.4 Å². The molecule has 0 heterocycles. The van der Waals surface area contributed by atoms with Gasteiger partial charge in [0.25, 0.3) is 5.69 Å². The molecule has 0 bridgehead atoms. The molecule has 0 spiro atoms. The van der Waals surface area contributed by atoms with Crippen molar-refractivity contribution in [3.8, 4) is 0 Å². The summed E-state index contributed by atoms with van der Waals surface area (Å²) in [6.07, 6.45) is 0.0320. The summed E-state index contributed by atoms with van der Waals surface area (Å²) in [4.78, 5) is 23.0. The first-order valence-corrected chi connectivity index (χ1v) is 6.10. The van der Waals surface area contributed by atoms with E-state index in [0.717, 1.165) is 11.3 Å². The summed E-state index contributed by atoms with van der Waals surface area (Å²) in [5.41, 5.74) is 1.65. The highest BCUT2D eigenvalue weighted by Gasteiger charge is 2.19. The molecule has 6 heteroatoms. The quantitative estimate of drug-likeness (QED) is 0.632. The van der Waals surface area contributed by atoms with Crippen LogP contribution in [0.2, 0.25) is 0 Å². The van der Waals surface area contributed by atoms with Gasteiger partial charge in [-0.3, -0.25) is 14.9 Å². The minimum atomic E-state index is -0.856. The molecule has 1 rings (SSSR count).